The van der Waals surface area contributed by atoms with E-state index in [-0.39, 0.29) is 16.1 Å². The van der Waals surface area contributed by atoms with Crippen LogP contribution in [0.15, 0.2) is 40.5 Å². The average molecular weight is 489 g/mol. The molecule has 14 heteroatoms. The maximum Gasteiger partial charge on any atom is 0.341 e. The van der Waals surface area contributed by atoms with Gasteiger partial charge in [-0.15, -0.1) is 0 Å². The molecule has 31 heavy (non-hydrogen) atoms. The molecule has 0 spiro atoms. The van der Waals surface area contributed by atoms with Crippen molar-refractivity contribution in [2.45, 2.75) is 29.1 Å². The van der Waals surface area contributed by atoms with Crippen LogP contribution in [-0.4, -0.2) is 46.8 Å². The molecule has 0 bridgehead atoms. The van der Waals surface area contributed by atoms with Crippen LogP contribution in [0.1, 0.15) is 34.6 Å². The molecule has 1 aliphatic rings. The van der Waals surface area contributed by atoms with Crippen LogP contribution in [-0.2, 0) is 9.84 Å². The topological polar surface area (TPSA) is 121 Å². The van der Waals surface area contributed by atoms with E-state index in [9.17, 15) is 22.0 Å². The Morgan fingerprint density at radius 2 is 2.10 bits per heavy atom. The van der Waals surface area contributed by atoms with Gasteiger partial charge in [0.25, 0.3) is 5.91 Å². The fourth-order valence-corrected chi connectivity index (χ4v) is 4.88. The van der Waals surface area contributed by atoms with Gasteiger partial charge in [-0.3, -0.25) is 4.79 Å². The Labute approximate surface area is 185 Å². The first-order chi connectivity index (χ1) is 14.5. The van der Waals surface area contributed by atoms with Gasteiger partial charge in [-0.25, -0.2) is 18.1 Å². The summed E-state index contributed by atoms with van der Waals surface area (Å²) in [6.45, 7) is 1.62. The molecule has 9 nitrogen and oxygen atoms in total. The molecule has 0 saturated heterocycles. The van der Waals surface area contributed by atoms with Crippen molar-refractivity contribution in [1.29, 1.82) is 5.26 Å². The van der Waals surface area contributed by atoms with Gasteiger partial charge >= 0.3 is 5.76 Å². The van der Waals surface area contributed by atoms with Gasteiger partial charge in [0.15, 0.2) is 11.3 Å². The summed E-state index contributed by atoms with van der Waals surface area (Å²) >= 11 is 7.09. The first-order valence-electron chi connectivity index (χ1n) is 8.58. The highest BCUT2D eigenvalue weighted by molar-refractivity contribution is 8.03. The smallest absolute Gasteiger partial charge is 0.341 e. The number of sulfone groups is 1. The number of benzene rings is 1. The van der Waals surface area contributed by atoms with Gasteiger partial charge in [0.2, 0.25) is 9.84 Å². The van der Waals surface area contributed by atoms with Crippen LogP contribution in [0, 0.1) is 11.3 Å². The van der Waals surface area contributed by atoms with Crippen LogP contribution in [0.3, 0.4) is 0 Å². The summed E-state index contributed by atoms with van der Waals surface area (Å²) in [5, 5.41) is 15.7. The number of thioether (sulfide) groups is 1. The molecule has 1 aromatic carbocycles. The van der Waals surface area contributed by atoms with Crippen LogP contribution in [0.5, 0.6) is 0 Å². The number of rotatable bonds is 6. The van der Waals surface area contributed by atoms with E-state index in [2.05, 4.69) is 21.5 Å². The van der Waals surface area contributed by atoms with E-state index in [1.165, 1.54) is 28.8 Å². The maximum atomic E-state index is 12.9. The van der Waals surface area contributed by atoms with E-state index in [4.69, 9.17) is 16.9 Å². The number of nitriles is 1. The number of allylic oxidation sites excluding steroid dienone is 1. The molecule has 1 aliphatic heterocycles. The molecular weight excluding hydrogens is 474 g/mol. The summed E-state index contributed by atoms with van der Waals surface area (Å²) in [4.78, 5) is 18.3. The Bertz CT molecular complexity index is 1190. The number of aromatic nitrogens is 3. The number of alkyl halides is 2. The van der Waals surface area contributed by atoms with Gasteiger partial charge in [0.05, 0.1) is 10.9 Å². The SMILES string of the molecule is C[C@H](NC(=O)c1cc(Cl)cc(S(=O)(=O)C(F)F)c1)c1ncnn1C1SC(C#N)=CN1C. The Morgan fingerprint density at radius 3 is 2.71 bits per heavy atom. The summed E-state index contributed by atoms with van der Waals surface area (Å²) in [6.07, 6.45) is 2.95. The zero-order valence-corrected chi connectivity index (χ0v) is 18.4. The van der Waals surface area contributed by atoms with Gasteiger partial charge < -0.3 is 10.2 Å². The van der Waals surface area contributed by atoms with Crippen molar-refractivity contribution in [1.82, 2.24) is 25.0 Å². The normalized spacial score (nSPS) is 17.4. The highest BCUT2D eigenvalue weighted by Crippen LogP contribution is 2.39. The Kier molecular flexibility index (Phi) is 6.54. The molecule has 0 saturated carbocycles. The van der Waals surface area contributed by atoms with Crippen LogP contribution in [0.25, 0.3) is 0 Å². The third kappa shape index (κ3) is 4.65. The fraction of sp³-hybridized carbons (Fsp3) is 0.294. The number of nitrogens with one attached hydrogen (secondary N) is 1. The number of carbonyl (C=O) groups is 1. The second-order valence-electron chi connectivity index (χ2n) is 6.45. The predicted molar refractivity (Wildman–Crippen MR) is 109 cm³/mol. The second kappa shape index (κ2) is 8.81. The van der Waals surface area contributed by atoms with Crippen molar-refractivity contribution in [2.24, 2.45) is 0 Å². The minimum atomic E-state index is -4.92. The van der Waals surface area contributed by atoms with E-state index in [1.807, 2.05) is 0 Å². The zero-order chi connectivity index (χ0) is 22.9. The van der Waals surface area contributed by atoms with Crippen molar-refractivity contribution in [3.63, 3.8) is 0 Å². The van der Waals surface area contributed by atoms with Crippen molar-refractivity contribution in [2.75, 3.05) is 7.05 Å². The van der Waals surface area contributed by atoms with E-state index in [1.54, 1.807) is 25.1 Å². The largest absolute Gasteiger partial charge is 0.349 e. The van der Waals surface area contributed by atoms with E-state index >= 15 is 0 Å². The van der Waals surface area contributed by atoms with Crippen LogP contribution < -0.4 is 5.32 Å². The third-order valence-corrected chi connectivity index (χ3v) is 7.03. The molecular formula is C17H15ClF2N6O3S2. The molecule has 2 atom stereocenters. The van der Waals surface area contributed by atoms with Crippen LogP contribution in [0.2, 0.25) is 5.02 Å². The first-order valence-corrected chi connectivity index (χ1v) is 11.4. The molecule has 1 amide bonds. The van der Waals surface area contributed by atoms with Crippen LogP contribution >= 0.6 is 23.4 Å². The number of carbonyl (C=O) groups excluding carboxylic acids is 1. The lowest BCUT2D eigenvalue weighted by Crippen LogP contribution is -2.31. The van der Waals surface area contributed by atoms with E-state index in [0.29, 0.717) is 10.7 Å². The van der Waals surface area contributed by atoms with Gasteiger partial charge in [0.1, 0.15) is 17.3 Å². The van der Waals surface area contributed by atoms with Crippen molar-refractivity contribution >= 4 is 39.1 Å². The number of hydrogen-bond acceptors (Lipinski definition) is 8. The zero-order valence-electron chi connectivity index (χ0n) is 16.0. The Morgan fingerprint density at radius 1 is 1.39 bits per heavy atom. The molecule has 2 aromatic rings. The first kappa shape index (κ1) is 23.0. The number of nitrogens with zero attached hydrogens (tertiary/aromatic N) is 5. The van der Waals surface area contributed by atoms with Gasteiger partial charge in [0, 0.05) is 23.8 Å². The van der Waals surface area contributed by atoms with E-state index in [0.717, 1.165) is 12.1 Å². The number of hydrogen-bond donors (Lipinski definition) is 1. The lowest BCUT2D eigenvalue weighted by molar-refractivity contribution is 0.0936. The Balaban J connectivity index is 1.83. The van der Waals surface area contributed by atoms with E-state index < -0.39 is 32.4 Å². The highest BCUT2D eigenvalue weighted by Gasteiger charge is 2.30. The van der Waals surface area contributed by atoms with Gasteiger partial charge in [-0.05, 0) is 25.1 Å². The lowest BCUT2D eigenvalue weighted by atomic mass is 10.2. The molecule has 0 radical (unpaired) electrons. The van der Waals surface area contributed by atoms with Gasteiger partial charge in [-0.2, -0.15) is 19.1 Å². The monoisotopic (exact) mass is 488 g/mol. The lowest BCUT2D eigenvalue weighted by Gasteiger charge is -2.23. The number of halogens is 3. The fourth-order valence-electron chi connectivity index (χ4n) is 2.80. The number of amides is 1. The Hall–Kier alpha value is -2.69. The molecule has 2 heterocycles. The minimum Gasteiger partial charge on any atom is -0.349 e. The summed E-state index contributed by atoms with van der Waals surface area (Å²) < 4.78 is 50.7. The second-order valence-corrected chi connectivity index (χ2v) is 9.91. The minimum absolute atomic E-state index is 0.179. The molecule has 1 aromatic heterocycles. The summed E-state index contributed by atoms with van der Waals surface area (Å²) in [7, 11) is -3.17. The molecule has 1 unspecified atom stereocenters. The average Bonchev–Trinajstić information content (AvgIpc) is 3.33. The van der Waals surface area contributed by atoms with Crippen molar-refractivity contribution in [3.05, 3.63) is 52.0 Å². The quantitative estimate of drug-likeness (QED) is 0.658. The standard InChI is InChI=1S/C17H15ClF2N6O3S2/c1-9(14-22-8-23-26(14)17-25(2)7-12(6-21)30-17)24-15(27)10-3-11(18)5-13(4-10)31(28,29)16(19)20/h3-5,7-9,16-17H,1-2H3,(H,24,27)/t9-,17?/m0/s1. The van der Waals surface area contributed by atoms with Gasteiger partial charge in [-0.1, -0.05) is 23.4 Å². The molecule has 0 fully saturated rings. The molecule has 0 aliphatic carbocycles. The molecule has 164 valence electrons. The summed E-state index contributed by atoms with van der Waals surface area (Å²) in [6, 6.07) is 4.23. The van der Waals surface area contributed by atoms with Crippen LogP contribution in [0.4, 0.5) is 8.78 Å². The van der Waals surface area contributed by atoms with Crippen molar-refractivity contribution in [3.8, 4) is 6.07 Å². The summed E-state index contributed by atoms with van der Waals surface area (Å²) in [5.74, 6) is -4.02. The molecule has 1 N–H and O–H groups in total. The third-order valence-electron chi connectivity index (χ3n) is 4.25. The van der Waals surface area contributed by atoms with Crippen molar-refractivity contribution < 1.29 is 22.0 Å². The molecule has 3 rings (SSSR count). The maximum absolute atomic E-state index is 12.9. The predicted octanol–water partition coefficient (Wildman–Crippen LogP) is 2.92. The highest BCUT2D eigenvalue weighted by atomic mass is 35.5. The summed E-state index contributed by atoms with van der Waals surface area (Å²) in [5.41, 5.74) is -0.592.